The van der Waals surface area contributed by atoms with Crippen LogP contribution in [0, 0.1) is 18.8 Å². The van der Waals surface area contributed by atoms with Gasteiger partial charge in [-0.25, -0.2) is 0 Å². The SMILES string of the molecule is CCOC(=O)C1CCN(C(=O)[C@H]2CCCN(C(=O)c3cc(-c4ccc(C)cc4)on3)C2)CC1. The van der Waals surface area contributed by atoms with Crippen LogP contribution >= 0.6 is 0 Å². The van der Waals surface area contributed by atoms with E-state index in [-0.39, 0.29) is 35.3 Å². The fraction of sp³-hybridized carbons (Fsp3) is 0.520. The Hall–Kier alpha value is -3.16. The number of benzene rings is 1. The first-order valence-corrected chi connectivity index (χ1v) is 11.7. The predicted octanol–water partition coefficient (Wildman–Crippen LogP) is 3.30. The minimum atomic E-state index is -0.231. The van der Waals surface area contributed by atoms with Crippen molar-refractivity contribution in [3.05, 3.63) is 41.6 Å². The van der Waals surface area contributed by atoms with Crippen LogP contribution in [0.3, 0.4) is 0 Å². The van der Waals surface area contributed by atoms with E-state index in [1.54, 1.807) is 17.9 Å². The van der Waals surface area contributed by atoms with Gasteiger partial charge in [-0.05, 0) is 39.5 Å². The Morgan fingerprint density at radius 1 is 1.03 bits per heavy atom. The lowest BCUT2D eigenvalue weighted by Crippen LogP contribution is -2.49. The lowest BCUT2D eigenvalue weighted by Gasteiger charge is -2.37. The third kappa shape index (κ3) is 5.26. The normalized spacial score (nSPS) is 19.4. The van der Waals surface area contributed by atoms with E-state index in [1.807, 2.05) is 36.1 Å². The first-order valence-electron chi connectivity index (χ1n) is 11.7. The zero-order chi connectivity index (χ0) is 23.4. The van der Waals surface area contributed by atoms with Crippen LogP contribution in [-0.4, -0.2) is 65.5 Å². The maximum Gasteiger partial charge on any atom is 0.309 e. The molecule has 8 heteroatoms. The number of carbonyl (C=O) groups is 3. The van der Waals surface area contributed by atoms with Gasteiger partial charge in [-0.1, -0.05) is 35.0 Å². The van der Waals surface area contributed by atoms with Crippen molar-refractivity contribution in [2.45, 2.75) is 39.5 Å². The monoisotopic (exact) mass is 453 g/mol. The molecule has 1 aromatic heterocycles. The van der Waals surface area contributed by atoms with Crippen LogP contribution in [0.25, 0.3) is 11.3 Å². The molecule has 33 heavy (non-hydrogen) atoms. The van der Waals surface area contributed by atoms with Gasteiger partial charge in [-0.3, -0.25) is 14.4 Å². The molecule has 2 aromatic rings. The van der Waals surface area contributed by atoms with Gasteiger partial charge >= 0.3 is 5.97 Å². The summed E-state index contributed by atoms with van der Waals surface area (Å²) in [5.74, 6) is -0.131. The van der Waals surface area contributed by atoms with Gasteiger partial charge in [-0.2, -0.15) is 0 Å². The standard InChI is InChI=1S/C25H31N3O5/c1-3-32-25(31)19-10-13-27(14-11-19)23(29)20-5-4-12-28(16-20)24(30)21-15-22(33-26-21)18-8-6-17(2)7-9-18/h6-9,15,19-20H,3-5,10-14,16H2,1-2H3/t20-/m0/s1. The zero-order valence-corrected chi connectivity index (χ0v) is 19.3. The van der Waals surface area contributed by atoms with E-state index >= 15 is 0 Å². The van der Waals surface area contributed by atoms with Crippen molar-refractivity contribution < 1.29 is 23.6 Å². The Morgan fingerprint density at radius 3 is 2.45 bits per heavy atom. The van der Waals surface area contributed by atoms with Crippen LogP contribution in [0.2, 0.25) is 0 Å². The lowest BCUT2D eigenvalue weighted by molar-refractivity contribution is -0.152. The maximum absolute atomic E-state index is 13.1. The number of nitrogens with zero attached hydrogens (tertiary/aromatic N) is 3. The van der Waals surface area contributed by atoms with E-state index < -0.39 is 0 Å². The number of carbonyl (C=O) groups excluding carboxylic acids is 3. The summed E-state index contributed by atoms with van der Waals surface area (Å²) in [6, 6.07) is 9.50. The summed E-state index contributed by atoms with van der Waals surface area (Å²) >= 11 is 0. The van der Waals surface area contributed by atoms with Crippen molar-refractivity contribution in [2.75, 3.05) is 32.8 Å². The zero-order valence-electron chi connectivity index (χ0n) is 19.3. The van der Waals surface area contributed by atoms with Gasteiger partial charge in [0.1, 0.15) is 0 Å². The number of esters is 1. The van der Waals surface area contributed by atoms with E-state index in [0.717, 1.165) is 24.0 Å². The van der Waals surface area contributed by atoms with Gasteiger partial charge < -0.3 is 19.1 Å². The molecule has 0 unspecified atom stereocenters. The third-order valence-electron chi connectivity index (χ3n) is 6.55. The van der Waals surface area contributed by atoms with Crippen LogP contribution in [0.1, 0.15) is 48.7 Å². The molecule has 2 amide bonds. The molecule has 0 radical (unpaired) electrons. The van der Waals surface area contributed by atoms with Crippen molar-refractivity contribution in [3.63, 3.8) is 0 Å². The Morgan fingerprint density at radius 2 is 1.76 bits per heavy atom. The second kappa shape index (κ2) is 10.2. The molecule has 4 rings (SSSR count). The van der Waals surface area contributed by atoms with Crippen molar-refractivity contribution >= 4 is 17.8 Å². The van der Waals surface area contributed by atoms with E-state index in [1.165, 1.54) is 0 Å². The number of aromatic nitrogens is 1. The quantitative estimate of drug-likeness (QED) is 0.645. The highest BCUT2D eigenvalue weighted by Gasteiger charge is 2.35. The molecular formula is C25H31N3O5. The van der Waals surface area contributed by atoms with Crippen molar-refractivity contribution in [1.29, 1.82) is 0 Å². The molecule has 176 valence electrons. The van der Waals surface area contributed by atoms with Crippen molar-refractivity contribution in [1.82, 2.24) is 15.0 Å². The summed E-state index contributed by atoms with van der Waals surface area (Å²) in [5, 5.41) is 3.98. The molecule has 0 bridgehead atoms. The molecular weight excluding hydrogens is 422 g/mol. The second-order valence-electron chi connectivity index (χ2n) is 8.88. The molecule has 2 fully saturated rings. The largest absolute Gasteiger partial charge is 0.466 e. The molecule has 0 N–H and O–H groups in total. The molecule has 2 saturated heterocycles. The van der Waals surface area contributed by atoms with Gasteiger partial charge in [0.25, 0.3) is 5.91 Å². The molecule has 2 aliphatic heterocycles. The Bertz CT molecular complexity index is 992. The Balaban J connectivity index is 1.35. The van der Waals surface area contributed by atoms with Gasteiger partial charge in [0, 0.05) is 37.8 Å². The van der Waals surface area contributed by atoms with Gasteiger partial charge in [-0.15, -0.1) is 0 Å². The minimum Gasteiger partial charge on any atom is -0.466 e. The highest BCUT2D eigenvalue weighted by molar-refractivity contribution is 5.93. The smallest absolute Gasteiger partial charge is 0.309 e. The number of piperidine rings is 2. The molecule has 1 atom stereocenters. The minimum absolute atomic E-state index is 0.0651. The number of amides is 2. The molecule has 0 saturated carbocycles. The van der Waals surface area contributed by atoms with Crippen LogP contribution in [0.4, 0.5) is 0 Å². The summed E-state index contributed by atoms with van der Waals surface area (Å²) in [7, 11) is 0. The Labute approximate surface area is 193 Å². The lowest BCUT2D eigenvalue weighted by atomic mass is 9.92. The van der Waals surface area contributed by atoms with Gasteiger partial charge in [0.05, 0.1) is 18.4 Å². The first-order chi connectivity index (χ1) is 16.0. The maximum atomic E-state index is 13.1. The molecule has 0 spiro atoms. The number of hydrogen-bond donors (Lipinski definition) is 0. The number of hydrogen-bond acceptors (Lipinski definition) is 6. The van der Waals surface area contributed by atoms with Gasteiger partial charge in [0.15, 0.2) is 11.5 Å². The molecule has 3 heterocycles. The fourth-order valence-electron chi connectivity index (χ4n) is 4.61. The van der Waals surface area contributed by atoms with Crippen LogP contribution < -0.4 is 0 Å². The number of likely N-dealkylation sites (tertiary alicyclic amines) is 2. The number of ether oxygens (including phenoxy) is 1. The Kier molecular flexibility index (Phi) is 7.11. The van der Waals surface area contributed by atoms with Crippen molar-refractivity contribution in [3.8, 4) is 11.3 Å². The van der Waals surface area contributed by atoms with E-state index in [4.69, 9.17) is 9.26 Å². The number of rotatable bonds is 5. The summed E-state index contributed by atoms with van der Waals surface area (Å²) in [6.45, 7) is 6.27. The van der Waals surface area contributed by atoms with E-state index in [2.05, 4.69) is 5.16 Å². The summed E-state index contributed by atoms with van der Waals surface area (Å²) in [5.41, 5.74) is 2.27. The molecule has 1 aromatic carbocycles. The van der Waals surface area contributed by atoms with Crippen LogP contribution in [0.5, 0.6) is 0 Å². The average molecular weight is 454 g/mol. The van der Waals surface area contributed by atoms with Crippen LogP contribution in [-0.2, 0) is 14.3 Å². The molecule has 2 aliphatic rings. The predicted molar refractivity (Wildman–Crippen MR) is 121 cm³/mol. The summed E-state index contributed by atoms with van der Waals surface area (Å²) in [6.07, 6.45) is 2.78. The number of aryl methyl sites for hydroxylation is 1. The van der Waals surface area contributed by atoms with E-state index in [9.17, 15) is 14.4 Å². The van der Waals surface area contributed by atoms with Crippen molar-refractivity contribution in [2.24, 2.45) is 11.8 Å². The molecule has 0 aliphatic carbocycles. The molecule has 8 nitrogen and oxygen atoms in total. The summed E-state index contributed by atoms with van der Waals surface area (Å²) < 4.78 is 10.5. The highest BCUT2D eigenvalue weighted by Crippen LogP contribution is 2.26. The summed E-state index contributed by atoms with van der Waals surface area (Å²) in [4.78, 5) is 41.7. The first kappa shape index (κ1) is 23.0. The fourth-order valence-corrected chi connectivity index (χ4v) is 4.61. The second-order valence-corrected chi connectivity index (χ2v) is 8.88. The topological polar surface area (TPSA) is 93.0 Å². The average Bonchev–Trinajstić information content (AvgIpc) is 3.34. The highest BCUT2D eigenvalue weighted by atomic mass is 16.5. The third-order valence-corrected chi connectivity index (χ3v) is 6.55. The van der Waals surface area contributed by atoms with Gasteiger partial charge in [0.2, 0.25) is 5.91 Å². The van der Waals surface area contributed by atoms with Crippen LogP contribution in [0.15, 0.2) is 34.9 Å². The van der Waals surface area contributed by atoms with E-state index in [0.29, 0.717) is 51.4 Å².